The summed E-state index contributed by atoms with van der Waals surface area (Å²) in [6.07, 6.45) is 4.11. The maximum absolute atomic E-state index is 11.5. The summed E-state index contributed by atoms with van der Waals surface area (Å²) in [6.45, 7) is 3.17. The summed E-state index contributed by atoms with van der Waals surface area (Å²) in [6, 6.07) is 7.95. The third-order valence-electron chi connectivity index (χ3n) is 2.80. The standard InChI is InChI=1S/C15H21NO3/c1-3-12-4-6-13(7-5-12)8-9-14(18)16-10-15(2,19)11-17/h4-9,17,19H,3,10-11H2,1-2H3,(H,16,18). The molecule has 0 bridgehead atoms. The van der Waals surface area contributed by atoms with Crippen LogP contribution in [0, 0.1) is 0 Å². The molecule has 4 heteroatoms. The average Bonchev–Trinajstić information content (AvgIpc) is 2.43. The molecule has 0 aliphatic rings. The van der Waals surface area contributed by atoms with Crippen molar-refractivity contribution in [2.75, 3.05) is 13.2 Å². The van der Waals surface area contributed by atoms with Crippen LogP contribution in [0.25, 0.3) is 6.08 Å². The van der Waals surface area contributed by atoms with Gasteiger partial charge in [0.25, 0.3) is 0 Å². The van der Waals surface area contributed by atoms with Crippen molar-refractivity contribution in [3.05, 3.63) is 41.5 Å². The molecule has 1 aromatic rings. The van der Waals surface area contributed by atoms with Crippen LogP contribution in [-0.4, -0.2) is 34.9 Å². The van der Waals surface area contributed by atoms with Crippen molar-refractivity contribution >= 4 is 12.0 Å². The number of carbonyl (C=O) groups excluding carboxylic acids is 1. The zero-order valence-electron chi connectivity index (χ0n) is 11.4. The van der Waals surface area contributed by atoms with Crippen molar-refractivity contribution in [3.8, 4) is 0 Å². The monoisotopic (exact) mass is 263 g/mol. The van der Waals surface area contributed by atoms with E-state index in [0.717, 1.165) is 12.0 Å². The highest BCUT2D eigenvalue weighted by Gasteiger charge is 2.18. The second-order valence-corrected chi connectivity index (χ2v) is 4.80. The quantitative estimate of drug-likeness (QED) is 0.674. The first-order chi connectivity index (χ1) is 8.96. The number of hydrogen-bond donors (Lipinski definition) is 3. The lowest BCUT2D eigenvalue weighted by Crippen LogP contribution is -2.42. The van der Waals surface area contributed by atoms with E-state index in [9.17, 15) is 9.90 Å². The lowest BCUT2D eigenvalue weighted by molar-refractivity contribution is -0.117. The second kappa shape index (κ2) is 7.07. The lowest BCUT2D eigenvalue weighted by atomic mass is 10.1. The zero-order chi connectivity index (χ0) is 14.3. The van der Waals surface area contributed by atoms with Gasteiger partial charge in [0.05, 0.1) is 6.61 Å². The van der Waals surface area contributed by atoms with Crippen molar-refractivity contribution in [2.45, 2.75) is 25.9 Å². The predicted molar refractivity (Wildman–Crippen MR) is 75.6 cm³/mol. The minimum atomic E-state index is -1.29. The predicted octanol–water partition coefficient (Wildman–Crippen LogP) is 1.12. The maximum Gasteiger partial charge on any atom is 0.244 e. The fraction of sp³-hybridized carbons (Fsp3) is 0.400. The Kier molecular flexibility index (Phi) is 5.73. The number of amides is 1. The first-order valence-electron chi connectivity index (χ1n) is 6.35. The maximum atomic E-state index is 11.5. The molecule has 1 rings (SSSR count). The normalized spacial score (nSPS) is 14.3. The van der Waals surface area contributed by atoms with Gasteiger partial charge in [-0.2, -0.15) is 0 Å². The van der Waals surface area contributed by atoms with Crippen LogP contribution in [-0.2, 0) is 11.2 Å². The van der Waals surface area contributed by atoms with Gasteiger partial charge in [0, 0.05) is 12.6 Å². The van der Waals surface area contributed by atoms with Crippen LogP contribution in [0.15, 0.2) is 30.3 Å². The highest BCUT2D eigenvalue weighted by Crippen LogP contribution is 2.06. The Morgan fingerprint density at radius 1 is 1.37 bits per heavy atom. The number of benzene rings is 1. The summed E-state index contributed by atoms with van der Waals surface area (Å²) in [5.41, 5.74) is 0.911. The summed E-state index contributed by atoms with van der Waals surface area (Å²) < 4.78 is 0. The van der Waals surface area contributed by atoms with E-state index >= 15 is 0 Å². The van der Waals surface area contributed by atoms with E-state index < -0.39 is 12.2 Å². The van der Waals surface area contributed by atoms with Crippen LogP contribution in [0.1, 0.15) is 25.0 Å². The molecule has 0 aliphatic heterocycles. The van der Waals surface area contributed by atoms with Crippen molar-refractivity contribution in [1.29, 1.82) is 0 Å². The summed E-state index contributed by atoms with van der Waals surface area (Å²) >= 11 is 0. The Bertz CT molecular complexity index is 435. The van der Waals surface area contributed by atoms with Gasteiger partial charge < -0.3 is 15.5 Å². The van der Waals surface area contributed by atoms with Crippen LogP contribution in [0.2, 0.25) is 0 Å². The Labute approximate surface area is 113 Å². The molecule has 19 heavy (non-hydrogen) atoms. The van der Waals surface area contributed by atoms with E-state index in [1.54, 1.807) is 6.08 Å². The van der Waals surface area contributed by atoms with E-state index in [0.29, 0.717) is 0 Å². The molecule has 4 nitrogen and oxygen atoms in total. The molecule has 0 fully saturated rings. The van der Waals surface area contributed by atoms with Gasteiger partial charge in [-0.25, -0.2) is 0 Å². The molecule has 0 aliphatic carbocycles. The summed E-state index contributed by atoms with van der Waals surface area (Å²) in [5, 5.41) is 20.9. The van der Waals surface area contributed by atoms with Crippen LogP contribution in [0.4, 0.5) is 0 Å². The molecule has 0 aromatic heterocycles. The molecule has 1 atom stereocenters. The Morgan fingerprint density at radius 2 is 2.00 bits per heavy atom. The minimum Gasteiger partial charge on any atom is -0.393 e. The summed E-state index contributed by atoms with van der Waals surface area (Å²) in [4.78, 5) is 11.5. The third-order valence-corrected chi connectivity index (χ3v) is 2.80. The lowest BCUT2D eigenvalue weighted by Gasteiger charge is -2.19. The van der Waals surface area contributed by atoms with Crippen LogP contribution >= 0.6 is 0 Å². The number of carbonyl (C=O) groups is 1. The van der Waals surface area contributed by atoms with Crippen LogP contribution in [0.5, 0.6) is 0 Å². The second-order valence-electron chi connectivity index (χ2n) is 4.80. The van der Waals surface area contributed by atoms with Crippen LogP contribution < -0.4 is 5.32 Å². The molecule has 1 amide bonds. The molecule has 0 heterocycles. The van der Waals surface area contributed by atoms with Crippen molar-refractivity contribution in [3.63, 3.8) is 0 Å². The van der Waals surface area contributed by atoms with Gasteiger partial charge in [-0.3, -0.25) is 4.79 Å². The number of rotatable bonds is 6. The number of aliphatic hydroxyl groups excluding tert-OH is 1. The van der Waals surface area contributed by atoms with Crippen molar-refractivity contribution in [1.82, 2.24) is 5.32 Å². The molecule has 1 unspecified atom stereocenters. The smallest absolute Gasteiger partial charge is 0.244 e. The number of aryl methyl sites for hydroxylation is 1. The minimum absolute atomic E-state index is 0.0153. The molecule has 104 valence electrons. The van der Waals surface area contributed by atoms with E-state index in [4.69, 9.17) is 5.11 Å². The highest BCUT2D eigenvalue weighted by molar-refractivity contribution is 5.91. The average molecular weight is 263 g/mol. The van der Waals surface area contributed by atoms with Crippen molar-refractivity contribution in [2.24, 2.45) is 0 Å². The molecule has 0 radical (unpaired) electrons. The van der Waals surface area contributed by atoms with Gasteiger partial charge in [0.2, 0.25) is 5.91 Å². The number of hydrogen-bond acceptors (Lipinski definition) is 3. The number of aliphatic hydroxyl groups is 2. The van der Waals surface area contributed by atoms with Gasteiger partial charge >= 0.3 is 0 Å². The van der Waals surface area contributed by atoms with Crippen LogP contribution in [0.3, 0.4) is 0 Å². The first-order valence-corrected chi connectivity index (χ1v) is 6.35. The molecular weight excluding hydrogens is 242 g/mol. The van der Waals surface area contributed by atoms with E-state index in [1.165, 1.54) is 18.6 Å². The van der Waals surface area contributed by atoms with E-state index in [-0.39, 0.29) is 12.5 Å². The molecule has 1 aromatic carbocycles. The van der Waals surface area contributed by atoms with Gasteiger partial charge in [-0.1, -0.05) is 31.2 Å². The van der Waals surface area contributed by atoms with E-state index in [1.807, 2.05) is 24.3 Å². The van der Waals surface area contributed by atoms with E-state index in [2.05, 4.69) is 12.2 Å². The molecule has 0 spiro atoms. The number of nitrogens with one attached hydrogen (secondary N) is 1. The van der Waals surface area contributed by atoms with Gasteiger partial charge in [0.15, 0.2) is 0 Å². The third kappa shape index (κ3) is 5.68. The summed E-state index contributed by atoms with van der Waals surface area (Å²) in [7, 11) is 0. The molecule has 0 saturated heterocycles. The fourth-order valence-electron chi connectivity index (χ4n) is 1.43. The SMILES string of the molecule is CCc1ccc(C=CC(=O)NCC(C)(O)CO)cc1. The van der Waals surface area contributed by atoms with Gasteiger partial charge in [0.1, 0.15) is 5.60 Å². The van der Waals surface area contributed by atoms with Gasteiger partial charge in [-0.15, -0.1) is 0 Å². The fourth-order valence-corrected chi connectivity index (χ4v) is 1.43. The zero-order valence-corrected chi connectivity index (χ0v) is 11.4. The highest BCUT2D eigenvalue weighted by atomic mass is 16.3. The largest absolute Gasteiger partial charge is 0.393 e. The topological polar surface area (TPSA) is 69.6 Å². The van der Waals surface area contributed by atoms with Crippen molar-refractivity contribution < 1.29 is 15.0 Å². The molecular formula is C15H21NO3. The van der Waals surface area contributed by atoms with Gasteiger partial charge in [-0.05, 0) is 30.5 Å². The Balaban J connectivity index is 2.49. The Hall–Kier alpha value is -1.65. The summed E-state index contributed by atoms with van der Waals surface area (Å²) in [5.74, 6) is -0.298. The first kappa shape index (κ1) is 15.4. The molecule has 3 N–H and O–H groups in total. The Morgan fingerprint density at radius 3 is 2.53 bits per heavy atom. The molecule has 0 saturated carbocycles.